The molecule has 176 valence electrons. The van der Waals surface area contributed by atoms with Gasteiger partial charge in [0, 0.05) is 105 Å². The van der Waals surface area contributed by atoms with Crippen molar-refractivity contribution < 1.29 is 0 Å². The summed E-state index contributed by atoms with van der Waals surface area (Å²) in [5.74, 6) is 0. The van der Waals surface area contributed by atoms with E-state index in [1.807, 2.05) is 0 Å². The maximum Gasteiger partial charge on any atom is 0.00750 e. The lowest BCUT2D eigenvalue weighted by molar-refractivity contribution is 0.696. The highest BCUT2D eigenvalue weighted by molar-refractivity contribution is 4.47. The molecule has 0 amide bonds. The van der Waals surface area contributed by atoms with Crippen molar-refractivity contribution in [3.05, 3.63) is 0 Å². The fourth-order valence-electron chi connectivity index (χ4n) is 1.32. The first kappa shape index (κ1) is 35.0. The van der Waals surface area contributed by atoms with Gasteiger partial charge in [-0.25, -0.2) is 0 Å². The first-order valence-electron chi connectivity index (χ1n) is 10.1. The Morgan fingerprint density at radius 3 is 0.429 bits per heavy atom. The van der Waals surface area contributed by atoms with Gasteiger partial charge in [0.05, 0.1) is 0 Å². The lowest BCUT2D eigenvalue weighted by Crippen LogP contribution is -2.27. The maximum absolute atomic E-state index is 5.17. The van der Waals surface area contributed by atoms with Crippen molar-refractivity contribution in [2.24, 2.45) is 45.9 Å². The van der Waals surface area contributed by atoms with Crippen molar-refractivity contribution in [3.8, 4) is 0 Å². The molecule has 0 heterocycles. The van der Waals surface area contributed by atoms with E-state index in [0.29, 0.717) is 52.4 Å². The molecule has 0 bridgehead atoms. The van der Waals surface area contributed by atoms with E-state index in [1.54, 1.807) is 0 Å². The molecule has 0 aliphatic rings. The van der Waals surface area contributed by atoms with Crippen LogP contribution < -0.4 is 67.1 Å². The van der Waals surface area contributed by atoms with Gasteiger partial charge in [-0.3, -0.25) is 0 Å². The molecule has 28 heavy (non-hydrogen) atoms. The minimum absolute atomic E-state index is 0.694. The molecule has 0 aliphatic carbocycles. The normalized spacial score (nSPS) is 9.43. The first-order valence-corrected chi connectivity index (χ1v) is 10.1. The fraction of sp³-hybridized carbons (Fsp3) is 1.00. The Bertz CT molecular complexity index is 144. The molecule has 20 N–H and O–H groups in total. The summed E-state index contributed by atoms with van der Waals surface area (Å²) < 4.78 is 0. The van der Waals surface area contributed by atoms with E-state index in [2.05, 4.69) is 21.3 Å². The van der Waals surface area contributed by atoms with Gasteiger partial charge in [-0.15, -0.1) is 0 Å². The first-order chi connectivity index (χ1) is 13.7. The average Bonchev–Trinajstić information content (AvgIpc) is 2.71. The van der Waals surface area contributed by atoms with Gasteiger partial charge in [0.2, 0.25) is 0 Å². The second kappa shape index (κ2) is 45.3. The van der Waals surface area contributed by atoms with E-state index in [0.717, 1.165) is 52.4 Å². The Morgan fingerprint density at radius 1 is 0.250 bits per heavy atom. The average molecular weight is 413 g/mol. The Labute approximate surface area is 172 Å². The van der Waals surface area contributed by atoms with Gasteiger partial charge in [0.15, 0.2) is 0 Å². The van der Waals surface area contributed by atoms with Crippen LogP contribution >= 0.6 is 0 Å². The molecule has 0 unspecified atom stereocenters. The molecule has 0 atom stereocenters. The van der Waals surface area contributed by atoms with Crippen LogP contribution in [0.5, 0.6) is 0 Å². The molecule has 0 aromatic rings. The summed E-state index contributed by atoms with van der Waals surface area (Å²) in [6, 6.07) is 0. The van der Waals surface area contributed by atoms with Gasteiger partial charge in [-0.2, -0.15) is 0 Å². The third-order valence-electron chi connectivity index (χ3n) is 2.57. The van der Waals surface area contributed by atoms with Gasteiger partial charge in [-0.05, 0) is 0 Å². The number of rotatable bonds is 16. The van der Waals surface area contributed by atoms with Crippen LogP contribution in [0.2, 0.25) is 0 Å². The molecule has 0 aromatic carbocycles. The molecule has 0 aliphatic heterocycles. The molecule has 0 radical (unpaired) electrons. The molecule has 0 fully saturated rings. The van der Waals surface area contributed by atoms with Crippen molar-refractivity contribution in [2.75, 3.05) is 105 Å². The second-order valence-corrected chi connectivity index (χ2v) is 5.31. The van der Waals surface area contributed by atoms with E-state index in [-0.39, 0.29) is 0 Å². The highest BCUT2D eigenvalue weighted by Gasteiger charge is 1.78. The van der Waals surface area contributed by atoms with Crippen molar-refractivity contribution in [3.63, 3.8) is 0 Å². The third kappa shape index (κ3) is 63.7. The number of nitrogens with one attached hydrogen (secondary N) is 4. The number of hydrogen-bond acceptors (Lipinski definition) is 12. The Hall–Kier alpha value is -0.480. The van der Waals surface area contributed by atoms with E-state index in [9.17, 15) is 0 Å². The van der Waals surface area contributed by atoms with E-state index in [1.165, 1.54) is 0 Å². The monoisotopic (exact) mass is 412 g/mol. The van der Waals surface area contributed by atoms with Crippen LogP contribution in [0.3, 0.4) is 0 Å². The summed E-state index contributed by atoms with van der Waals surface area (Å²) in [6.45, 7) is 12.5. The van der Waals surface area contributed by atoms with Gasteiger partial charge in [-0.1, -0.05) is 0 Å². The molecule has 0 aromatic heterocycles. The lowest BCUT2D eigenvalue weighted by Gasteiger charge is -1.95. The summed E-state index contributed by atoms with van der Waals surface area (Å²) in [7, 11) is 0. The molecule has 12 heteroatoms. The summed E-state index contributed by atoms with van der Waals surface area (Å²) in [5, 5.41) is 12.1. The van der Waals surface area contributed by atoms with Crippen molar-refractivity contribution >= 4 is 0 Å². The Morgan fingerprint density at radius 2 is 0.357 bits per heavy atom. The molecular formula is C16H52N12. The van der Waals surface area contributed by atoms with Crippen LogP contribution in [0, 0.1) is 0 Å². The molecule has 0 saturated heterocycles. The lowest BCUT2D eigenvalue weighted by atomic mass is 10.6. The molecule has 0 saturated carbocycles. The second-order valence-electron chi connectivity index (χ2n) is 5.31. The van der Waals surface area contributed by atoms with Gasteiger partial charge < -0.3 is 67.1 Å². The SMILES string of the molecule is NCCNCCN.NCCNCCN.NCCNCCN.NCCNCCN. The minimum atomic E-state index is 0.694. The summed E-state index contributed by atoms with van der Waals surface area (Å²) >= 11 is 0. The Kier molecular flexibility index (Phi) is 56.6. The summed E-state index contributed by atoms with van der Waals surface area (Å²) in [6.07, 6.45) is 0. The number of hydrogen-bond donors (Lipinski definition) is 12. The maximum atomic E-state index is 5.17. The molecule has 12 nitrogen and oxygen atoms in total. The van der Waals surface area contributed by atoms with E-state index in [4.69, 9.17) is 45.9 Å². The minimum Gasteiger partial charge on any atom is -0.329 e. The highest BCUT2D eigenvalue weighted by Crippen LogP contribution is 1.51. The van der Waals surface area contributed by atoms with Gasteiger partial charge in [0.1, 0.15) is 0 Å². The van der Waals surface area contributed by atoms with Crippen LogP contribution in [0.15, 0.2) is 0 Å². The van der Waals surface area contributed by atoms with E-state index < -0.39 is 0 Å². The van der Waals surface area contributed by atoms with Crippen LogP contribution in [-0.4, -0.2) is 105 Å². The fourth-order valence-corrected chi connectivity index (χ4v) is 1.32. The van der Waals surface area contributed by atoms with Crippen molar-refractivity contribution in [1.82, 2.24) is 21.3 Å². The van der Waals surface area contributed by atoms with Gasteiger partial charge >= 0.3 is 0 Å². The zero-order valence-electron chi connectivity index (χ0n) is 17.9. The molecule has 0 spiro atoms. The van der Waals surface area contributed by atoms with Crippen molar-refractivity contribution in [1.29, 1.82) is 0 Å². The number of nitrogens with two attached hydrogens (primary N) is 8. The zero-order chi connectivity index (χ0) is 22.1. The smallest absolute Gasteiger partial charge is 0.00750 e. The highest BCUT2D eigenvalue weighted by atomic mass is 14.9. The topological polar surface area (TPSA) is 256 Å². The standard InChI is InChI=1S/4C4H13N3/c4*5-1-3-7-4-2-6/h4*7H,1-6H2. The van der Waals surface area contributed by atoms with Crippen LogP contribution in [0.25, 0.3) is 0 Å². The summed E-state index contributed by atoms with van der Waals surface area (Å²) in [5.41, 5.74) is 41.3. The van der Waals surface area contributed by atoms with Crippen molar-refractivity contribution in [2.45, 2.75) is 0 Å². The van der Waals surface area contributed by atoms with Crippen LogP contribution in [0.1, 0.15) is 0 Å². The predicted octanol–water partition coefficient (Wildman–Crippen LogP) is -6.03. The van der Waals surface area contributed by atoms with E-state index >= 15 is 0 Å². The van der Waals surface area contributed by atoms with Gasteiger partial charge in [0.25, 0.3) is 0 Å². The third-order valence-corrected chi connectivity index (χ3v) is 2.57. The molecule has 0 rings (SSSR count). The predicted molar refractivity (Wildman–Crippen MR) is 124 cm³/mol. The van der Waals surface area contributed by atoms with Crippen LogP contribution in [-0.2, 0) is 0 Å². The summed E-state index contributed by atoms with van der Waals surface area (Å²) in [4.78, 5) is 0. The Balaban J connectivity index is -0.000000137. The zero-order valence-corrected chi connectivity index (χ0v) is 17.9. The van der Waals surface area contributed by atoms with Crippen LogP contribution in [0.4, 0.5) is 0 Å². The quantitative estimate of drug-likeness (QED) is 0.106. The largest absolute Gasteiger partial charge is 0.329 e. The molecular weight excluding hydrogens is 360 g/mol.